The van der Waals surface area contributed by atoms with Crippen molar-refractivity contribution in [3.63, 3.8) is 0 Å². The Bertz CT molecular complexity index is 910. The van der Waals surface area contributed by atoms with Crippen molar-refractivity contribution in [3.8, 4) is 0 Å². The fourth-order valence-corrected chi connectivity index (χ4v) is 3.06. The predicted molar refractivity (Wildman–Crippen MR) is 89.0 cm³/mol. The van der Waals surface area contributed by atoms with E-state index >= 15 is 0 Å². The molecule has 0 aliphatic carbocycles. The molecule has 1 aliphatic heterocycles. The first-order chi connectivity index (χ1) is 12.1. The van der Waals surface area contributed by atoms with Crippen molar-refractivity contribution in [2.45, 2.75) is 19.4 Å². The number of furan rings is 1. The maximum absolute atomic E-state index is 12.8. The average molecular weight is 339 g/mol. The average Bonchev–Trinajstić information content (AvgIpc) is 3.21. The second-order valence-electron chi connectivity index (χ2n) is 6.02. The van der Waals surface area contributed by atoms with E-state index in [0.717, 1.165) is 11.1 Å². The summed E-state index contributed by atoms with van der Waals surface area (Å²) in [5.41, 5.74) is 2.14. The Morgan fingerprint density at radius 3 is 2.96 bits per heavy atom. The number of para-hydroxylation sites is 2. The monoisotopic (exact) mass is 339 g/mol. The van der Waals surface area contributed by atoms with Gasteiger partial charge in [-0.15, -0.1) is 0 Å². The summed E-state index contributed by atoms with van der Waals surface area (Å²) >= 11 is 0. The summed E-state index contributed by atoms with van der Waals surface area (Å²) < 4.78 is 11.0. The molecule has 0 saturated carbocycles. The van der Waals surface area contributed by atoms with E-state index in [-0.39, 0.29) is 24.0 Å². The summed E-state index contributed by atoms with van der Waals surface area (Å²) in [6, 6.07) is 8.45. The van der Waals surface area contributed by atoms with Gasteiger partial charge in [-0.05, 0) is 25.1 Å². The van der Waals surface area contributed by atoms with E-state index in [0.29, 0.717) is 24.6 Å². The Labute approximate surface area is 143 Å². The highest BCUT2D eigenvalue weighted by molar-refractivity contribution is 5.97. The highest BCUT2D eigenvalue weighted by Gasteiger charge is 2.36. The van der Waals surface area contributed by atoms with Crippen LogP contribution in [0.15, 0.2) is 45.4 Å². The number of nitrogens with one attached hydrogen (secondary N) is 1. The van der Waals surface area contributed by atoms with Gasteiger partial charge in [0.05, 0.1) is 12.7 Å². The number of aromatic nitrogens is 1. The highest BCUT2D eigenvalue weighted by Crippen LogP contribution is 2.20. The number of amides is 2. The van der Waals surface area contributed by atoms with Crippen molar-refractivity contribution in [1.29, 1.82) is 0 Å². The van der Waals surface area contributed by atoms with Crippen LogP contribution in [0.4, 0.5) is 0 Å². The first-order valence-electron chi connectivity index (χ1n) is 8.10. The van der Waals surface area contributed by atoms with Crippen LogP contribution in [0.2, 0.25) is 0 Å². The zero-order valence-electron chi connectivity index (χ0n) is 13.7. The minimum absolute atomic E-state index is 0.214. The molecular formula is C18H17N3O4. The molecule has 1 saturated heterocycles. The summed E-state index contributed by atoms with van der Waals surface area (Å²) in [4.78, 5) is 31.1. The molecule has 25 heavy (non-hydrogen) atoms. The van der Waals surface area contributed by atoms with Crippen molar-refractivity contribution in [2.24, 2.45) is 0 Å². The first-order valence-corrected chi connectivity index (χ1v) is 8.10. The lowest BCUT2D eigenvalue weighted by Gasteiger charge is -2.34. The molecule has 1 fully saturated rings. The smallest absolute Gasteiger partial charge is 0.290 e. The first kappa shape index (κ1) is 15.4. The second-order valence-corrected chi connectivity index (χ2v) is 6.02. The Morgan fingerprint density at radius 1 is 1.36 bits per heavy atom. The third-order valence-corrected chi connectivity index (χ3v) is 4.35. The third-order valence-electron chi connectivity index (χ3n) is 4.35. The molecule has 1 N–H and O–H groups in total. The number of carbonyl (C=O) groups excluding carboxylic acids is 2. The minimum atomic E-state index is -0.682. The molecule has 1 aliphatic rings. The van der Waals surface area contributed by atoms with Gasteiger partial charge in [0.2, 0.25) is 5.91 Å². The van der Waals surface area contributed by atoms with Gasteiger partial charge in [-0.25, -0.2) is 4.98 Å². The molecule has 7 nitrogen and oxygen atoms in total. The fourth-order valence-electron chi connectivity index (χ4n) is 3.06. The van der Waals surface area contributed by atoms with E-state index in [1.807, 2.05) is 24.3 Å². The molecule has 3 heterocycles. The van der Waals surface area contributed by atoms with Crippen molar-refractivity contribution < 1.29 is 18.4 Å². The summed E-state index contributed by atoms with van der Waals surface area (Å²) in [7, 11) is 0. The zero-order valence-corrected chi connectivity index (χ0v) is 13.7. The van der Waals surface area contributed by atoms with Crippen LogP contribution in [0, 0.1) is 6.92 Å². The van der Waals surface area contributed by atoms with Gasteiger partial charge in [0.1, 0.15) is 11.6 Å². The zero-order chi connectivity index (χ0) is 17.4. The number of oxazole rings is 1. The molecular weight excluding hydrogens is 322 g/mol. The lowest BCUT2D eigenvalue weighted by molar-refractivity contribution is -0.128. The Balaban J connectivity index is 1.63. The number of rotatable bonds is 3. The van der Waals surface area contributed by atoms with E-state index in [4.69, 9.17) is 8.83 Å². The predicted octanol–water partition coefficient (Wildman–Crippen LogP) is 1.91. The number of carbonyl (C=O) groups is 2. The van der Waals surface area contributed by atoms with Gasteiger partial charge >= 0.3 is 0 Å². The molecule has 7 heteroatoms. The molecule has 1 aromatic carbocycles. The van der Waals surface area contributed by atoms with Crippen LogP contribution in [-0.4, -0.2) is 40.8 Å². The van der Waals surface area contributed by atoms with E-state index in [2.05, 4.69) is 10.3 Å². The molecule has 0 spiro atoms. The number of piperazine rings is 1. The lowest BCUT2D eigenvalue weighted by Crippen LogP contribution is -2.58. The number of hydrogen-bond donors (Lipinski definition) is 1. The van der Waals surface area contributed by atoms with Gasteiger partial charge in [0.25, 0.3) is 5.91 Å². The van der Waals surface area contributed by atoms with Crippen molar-refractivity contribution in [2.75, 3.05) is 13.1 Å². The number of nitrogens with zero attached hydrogens (tertiary/aromatic N) is 2. The standard InChI is InChI=1S/C18H17N3O4/c1-11-6-9-24-16(11)18(23)21-8-7-19-17(22)13(21)10-15-20-12-4-2-3-5-14(12)25-15/h2-6,9,13H,7-8,10H2,1H3,(H,19,22). The third kappa shape index (κ3) is 2.77. The molecule has 2 aromatic heterocycles. The molecule has 1 atom stereocenters. The second kappa shape index (κ2) is 6.08. The maximum atomic E-state index is 12.8. The summed E-state index contributed by atoms with van der Waals surface area (Å²) in [6.07, 6.45) is 1.69. The van der Waals surface area contributed by atoms with Crippen LogP contribution in [0.25, 0.3) is 11.1 Å². The van der Waals surface area contributed by atoms with Crippen LogP contribution in [0.1, 0.15) is 22.0 Å². The van der Waals surface area contributed by atoms with Crippen LogP contribution >= 0.6 is 0 Å². The molecule has 0 bridgehead atoms. The van der Waals surface area contributed by atoms with E-state index in [1.165, 1.54) is 11.2 Å². The molecule has 4 rings (SSSR count). The van der Waals surface area contributed by atoms with Gasteiger partial charge in [-0.2, -0.15) is 0 Å². The Hall–Kier alpha value is -3.09. The molecule has 3 aromatic rings. The van der Waals surface area contributed by atoms with Crippen molar-refractivity contribution in [1.82, 2.24) is 15.2 Å². The highest BCUT2D eigenvalue weighted by atomic mass is 16.3. The van der Waals surface area contributed by atoms with Crippen LogP contribution in [-0.2, 0) is 11.2 Å². The van der Waals surface area contributed by atoms with Crippen molar-refractivity contribution in [3.05, 3.63) is 53.8 Å². The van der Waals surface area contributed by atoms with E-state index in [1.54, 1.807) is 13.0 Å². The van der Waals surface area contributed by atoms with E-state index < -0.39 is 6.04 Å². The topological polar surface area (TPSA) is 88.6 Å². The van der Waals surface area contributed by atoms with Crippen LogP contribution in [0.3, 0.4) is 0 Å². The Morgan fingerprint density at radius 2 is 2.20 bits per heavy atom. The van der Waals surface area contributed by atoms with Crippen LogP contribution in [0.5, 0.6) is 0 Å². The quantitative estimate of drug-likeness (QED) is 0.787. The number of fused-ring (bicyclic) bond motifs is 1. The molecule has 1 unspecified atom stereocenters. The van der Waals surface area contributed by atoms with Gasteiger partial charge in [0, 0.05) is 18.7 Å². The van der Waals surface area contributed by atoms with Gasteiger partial charge in [-0.1, -0.05) is 12.1 Å². The minimum Gasteiger partial charge on any atom is -0.459 e. The van der Waals surface area contributed by atoms with Gasteiger partial charge in [-0.3, -0.25) is 9.59 Å². The lowest BCUT2D eigenvalue weighted by atomic mass is 10.1. The number of hydrogen-bond acceptors (Lipinski definition) is 5. The largest absolute Gasteiger partial charge is 0.459 e. The fraction of sp³-hybridized carbons (Fsp3) is 0.278. The normalized spacial score (nSPS) is 17.7. The number of benzene rings is 1. The summed E-state index contributed by atoms with van der Waals surface area (Å²) in [6.45, 7) is 2.63. The molecule has 0 radical (unpaired) electrons. The number of aryl methyl sites for hydroxylation is 1. The maximum Gasteiger partial charge on any atom is 0.290 e. The SMILES string of the molecule is Cc1ccoc1C(=O)N1CCNC(=O)C1Cc1nc2ccccc2o1. The molecule has 128 valence electrons. The molecule has 2 amide bonds. The Kier molecular flexibility index (Phi) is 3.76. The van der Waals surface area contributed by atoms with Gasteiger partial charge in [0.15, 0.2) is 17.2 Å². The van der Waals surface area contributed by atoms with Crippen molar-refractivity contribution >= 4 is 22.9 Å². The van der Waals surface area contributed by atoms with Crippen LogP contribution < -0.4 is 5.32 Å². The summed E-state index contributed by atoms with van der Waals surface area (Å²) in [5.74, 6) is 0.180. The van der Waals surface area contributed by atoms with E-state index in [9.17, 15) is 9.59 Å². The van der Waals surface area contributed by atoms with Gasteiger partial charge < -0.3 is 19.1 Å². The summed E-state index contributed by atoms with van der Waals surface area (Å²) in [5, 5.41) is 2.80.